The van der Waals surface area contributed by atoms with E-state index >= 15 is 0 Å². The third-order valence-electron chi connectivity index (χ3n) is 3.45. The molecule has 27 heavy (non-hydrogen) atoms. The van der Waals surface area contributed by atoms with Crippen LogP contribution in [0.5, 0.6) is 0 Å². The number of thioether (sulfide) groups is 1. The molecule has 2 amide bonds. The van der Waals surface area contributed by atoms with Crippen LogP contribution in [0, 0.1) is 6.92 Å². The summed E-state index contributed by atoms with van der Waals surface area (Å²) in [5, 5.41) is 5.44. The number of carbonyl (C=O) groups excluding carboxylic acids is 3. The molecule has 2 aromatic carbocycles. The maximum atomic E-state index is 11.8. The van der Waals surface area contributed by atoms with Crippen LogP contribution in [0.1, 0.15) is 11.1 Å². The van der Waals surface area contributed by atoms with Gasteiger partial charge in [0.05, 0.1) is 11.5 Å². The Morgan fingerprint density at radius 1 is 0.963 bits per heavy atom. The second-order valence-corrected chi connectivity index (χ2v) is 6.82. The van der Waals surface area contributed by atoms with Crippen molar-refractivity contribution in [3.05, 3.63) is 65.7 Å². The SMILES string of the molecule is Cc1cccc(NC(=O)CSCC(=O)OCC(=O)NCc2ccccc2)c1. The van der Waals surface area contributed by atoms with E-state index in [4.69, 9.17) is 4.74 Å². The van der Waals surface area contributed by atoms with Gasteiger partial charge in [-0.3, -0.25) is 14.4 Å². The minimum Gasteiger partial charge on any atom is -0.455 e. The van der Waals surface area contributed by atoms with Gasteiger partial charge in [-0.1, -0.05) is 42.5 Å². The summed E-state index contributed by atoms with van der Waals surface area (Å²) in [5.74, 6) is -0.956. The summed E-state index contributed by atoms with van der Waals surface area (Å²) in [6.07, 6.45) is 0. The van der Waals surface area contributed by atoms with Gasteiger partial charge in [-0.25, -0.2) is 0 Å². The van der Waals surface area contributed by atoms with Crippen molar-refractivity contribution in [2.45, 2.75) is 13.5 Å². The lowest BCUT2D eigenvalue weighted by molar-refractivity contribution is -0.145. The maximum absolute atomic E-state index is 11.8. The van der Waals surface area contributed by atoms with Crippen LogP contribution in [0.3, 0.4) is 0 Å². The molecule has 7 heteroatoms. The fourth-order valence-corrected chi connectivity index (χ4v) is 2.79. The van der Waals surface area contributed by atoms with Crippen molar-refractivity contribution in [2.24, 2.45) is 0 Å². The third-order valence-corrected chi connectivity index (χ3v) is 4.36. The van der Waals surface area contributed by atoms with E-state index in [0.29, 0.717) is 6.54 Å². The topological polar surface area (TPSA) is 84.5 Å². The van der Waals surface area contributed by atoms with E-state index in [1.807, 2.05) is 55.5 Å². The summed E-state index contributed by atoms with van der Waals surface area (Å²) in [4.78, 5) is 35.2. The Kier molecular flexibility index (Phi) is 8.38. The van der Waals surface area contributed by atoms with Crippen LogP contribution in [-0.2, 0) is 25.7 Å². The molecule has 2 aromatic rings. The normalized spacial score (nSPS) is 10.1. The molecule has 0 aliphatic heterocycles. The number of esters is 1. The molecular formula is C20H22N2O4S. The fourth-order valence-electron chi connectivity index (χ4n) is 2.18. The van der Waals surface area contributed by atoms with Crippen LogP contribution >= 0.6 is 11.8 Å². The summed E-state index contributed by atoms with van der Waals surface area (Å²) in [6, 6.07) is 16.9. The first-order valence-electron chi connectivity index (χ1n) is 8.43. The summed E-state index contributed by atoms with van der Waals surface area (Å²) in [6.45, 7) is 1.99. The van der Waals surface area contributed by atoms with Crippen molar-refractivity contribution in [3.8, 4) is 0 Å². The molecule has 0 spiro atoms. The lowest BCUT2D eigenvalue weighted by Gasteiger charge is -2.07. The van der Waals surface area contributed by atoms with Crippen LogP contribution in [0.2, 0.25) is 0 Å². The predicted molar refractivity (Wildman–Crippen MR) is 106 cm³/mol. The predicted octanol–water partition coefficient (Wildman–Crippen LogP) is 2.53. The Hall–Kier alpha value is -2.80. The third kappa shape index (κ3) is 8.42. The standard InChI is InChI=1S/C20H22N2O4S/c1-15-6-5-9-17(10-15)22-19(24)13-27-14-20(25)26-12-18(23)21-11-16-7-3-2-4-8-16/h2-10H,11-14H2,1H3,(H,21,23)(H,22,24). The van der Waals surface area contributed by atoms with Gasteiger partial charge in [0.25, 0.3) is 5.91 Å². The van der Waals surface area contributed by atoms with E-state index in [1.54, 1.807) is 6.07 Å². The monoisotopic (exact) mass is 386 g/mol. The van der Waals surface area contributed by atoms with Crippen LogP contribution in [0.25, 0.3) is 0 Å². The number of amides is 2. The summed E-state index contributed by atoms with van der Waals surface area (Å²) < 4.78 is 4.90. The molecule has 6 nitrogen and oxygen atoms in total. The van der Waals surface area contributed by atoms with Gasteiger partial charge in [0.1, 0.15) is 0 Å². The van der Waals surface area contributed by atoms with Gasteiger partial charge in [0.15, 0.2) is 6.61 Å². The van der Waals surface area contributed by atoms with Crippen molar-refractivity contribution in [1.29, 1.82) is 0 Å². The van der Waals surface area contributed by atoms with E-state index in [2.05, 4.69) is 10.6 Å². The number of benzene rings is 2. The molecule has 0 heterocycles. The van der Waals surface area contributed by atoms with E-state index in [-0.39, 0.29) is 29.9 Å². The molecule has 2 N–H and O–H groups in total. The Balaban J connectivity index is 1.57. The molecular weight excluding hydrogens is 364 g/mol. The number of aryl methyl sites for hydroxylation is 1. The smallest absolute Gasteiger partial charge is 0.316 e. The minimum absolute atomic E-state index is 0.00715. The highest BCUT2D eigenvalue weighted by atomic mass is 32.2. The molecule has 2 rings (SSSR count). The average molecular weight is 386 g/mol. The number of anilines is 1. The zero-order valence-corrected chi connectivity index (χ0v) is 15.9. The van der Waals surface area contributed by atoms with Gasteiger partial charge >= 0.3 is 5.97 Å². The molecule has 0 atom stereocenters. The van der Waals surface area contributed by atoms with Crippen LogP contribution in [-0.4, -0.2) is 35.9 Å². The largest absolute Gasteiger partial charge is 0.455 e. The Morgan fingerprint density at radius 3 is 2.48 bits per heavy atom. The van der Waals surface area contributed by atoms with E-state index in [1.165, 1.54) is 0 Å². The Morgan fingerprint density at radius 2 is 1.74 bits per heavy atom. The van der Waals surface area contributed by atoms with Crippen molar-refractivity contribution < 1.29 is 19.1 Å². The molecule has 0 fully saturated rings. The van der Waals surface area contributed by atoms with Gasteiger partial charge < -0.3 is 15.4 Å². The van der Waals surface area contributed by atoms with Gasteiger partial charge in [0, 0.05) is 12.2 Å². The average Bonchev–Trinajstić information content (AvgIpc) is 2.65. The van der Waals surface area contributed by atoms with E-state index < -0.39 is 5.97 Å². The van der Waals surface area contributed by atoms with Gasteiger partial charge in [0.2, 0.25) is 5.91 Å². The van der Waals surface area contributed by atoms with Crippen molar-refractivity contribution in [1.82, 2.24) is 5.32 Å². The number of hydrogen-bond donors (Lipinski definition) is 2. The molecule has 0 saturated heterocycles. The first kappa shape index (κ1) is 20.5. The van der Waals surface area contributed by atoms with Gasteiger partial charge in [-0.15, -0.1) is 11.8 Å². The lowest BCUT2D eigenvalue weighted by Crippen LogP contribution is -2.28. The summed E-state index contributed by atoms with van der Waals surface area (Å²) in [5.41, 5.74) is 2.74. The number of carbonyl (C=O) groups is 3. The first-order valence-corrected chi connectivity index (χ1v) is 9.59. The van der Waals surface area contributed by atoms with E-state index in [0.717, 1.165) is 28.6 Å². The van der Waals surface area contributed by atoms with Gasteiger partial charge in [-0.05, 0) is 30.2 Å². The molecule has 0 saturated carbocycles. The molecule has 142 valence electrons. The minimum atomic E-state index is -0.529. The molecule has 0 aliphatic carbocycles. The zero-order valence-electron chi connectivity index (χ0n) is 15.1. The van der Waals surface area contributed by atoms with Gasteiger partial charge in [-0.2, -0.15) is 0 Å². The number of ether oxygens (including phenoxy) is 1. The second kappa shape index (κ2) is 11.0. The van der Waals surface area contributed by atoms with Crippen molar-refractivity contribution >= 4 is 35.2 Å². The maximum Gasteiger partial charge on any atom is 0.316 e. The molecule has 0 bridgehead atoms. The van der Waals surface area contributed by atoms with Crippen molar-refractivity contribution in [2.75, 3.05) is 23.4 Å². The first-order chi connectivity index (χ1) is 13.0. The number of hydrogen-bond acceptors (Lipinski definition) is 5. The van der Waals surface area contributed by atoms with Crippen LogP contribution < -0.4 is 10.6 Å². The molecule has 0 aromatic heterocycles. The van der Waals surface area contributed by atoms with Crippen LogP contribution in [0.4, 0.5) is 5.69 Å². The van der Waals surface area contributed by atoms with Crippen LogP contribution in [0.15, 0.2) is 54.6 Å². The highest BCUT2D eigenvalue weighted by Gasteiger charge is 2.09. The number of nitrogens with one attached hydrogen (secondary N) is 2. The number of rotatable bonds is 9. The zero-order chi connectivity index (χ0) is 19.5. The highest BCUT2D eigenvalue weighted by Crippen LogP contribution is 2.10. The Labute approximate surface area is 162 Å². The Bertz CT molecular complexity index is 781. The fraction of sp³-hybridized carbons (Fsp3) is 0.250. The second-order valence-electron chi connectivity index (χ2n) is 5.83. The molecule has 0 unspecified atom stereocenters. The highest BCUT2D eigenvalue weighted by molar-refractivity contribution is 8.00. The summed E-state index contributed by atoms with van der Waals surface area (Å²) in [7, 11) is 0. The summed E-state index contributed by atoms with van der Waals surface area (Å²) >= 11 is 1.14. The quantitative estimate of drug-likeness (QED) is 0.647. The van der Waals surface area contributed by atoms with E-state index in [9.17, 15) is 14.4 Å². The van der Waals surface area contributed by atoms with Crippen molar-refractivity contribution in [3.63, 3.8) is 0 Å². The molecule has 0 aliphatic rings. The lowest BCUT2D eigenvalue weighted by atomic mass is 10.2. The molecule has 0 radical (unpaired) electrons.